The van der Waals surface area contributed by atoms with E-state index in [9.17, 15) is 4.79 Å². The van der Waals surface area contributed by atoms with Crippen molar-refractivity contribution in [3.8, 4) is 0 Å². The summed E-state index contributed by atoms with van der Waals surface area (Å²) in [7, 11) is 0. The number of hydrogen-bond donors (Lipinski definition) is 0. The number of carbonyl (C=O) groups is 1. The largest absolute Gasteiger partial charge is 0.464 e. The molecule has 0 spiro atoms. The molecule has 0 aliphatic rings. The lowest BCUT2D eigenvalue weighted by Gasteiger charge is -2.08. The van der Waals surface area contributed by atoms with Gasteiger partial charge in [0.1, 0.15) is 0 Å². The van der Waals surface area contributed by atoms with Gasteiger partial charge in [-0.3, -0.25) is 0 Å². The molecule has 0 bridgehead atoms. The third-order valence-corrected chi connectivity index (χ3v) is 5.53. The zero-order valence-electron chi connectivity index (χ0n) is 12.9. The third-order valence-electron chi connectivity index (χ3n) is 3.03. The molecule has 0 aliphatic heterocycles. The van der Waals surface area contributed by atoms with Crippen molar-refractivity contribution >= 4 is 41.1 Å². The Hall–Kier alpha value is -1.10. The van der Waals surface area contributed by atoms with Crippen LogP contribution < -0.4 is 0 Å². The summed E-state index contributed by atoms with van der Waals surface area (Å²) >= 11 is 9.14. The van der Waals surface area contributed by atoms with Crippen molar-refractivity contribution < 1.29 is 9.53 Å². The van der Waals surface area contributed by atoms with Crippen LogP contribution >= 0.6 is 35.1 Å². The van der Waals surface area contributed by atoms with E-state index in [1.54, 1.807) is 18.7 Å². The fraction of sp³-hybridized carbons (Fsp3) is 0.278. The monoisotopic (exact) mass is 366 g/mol. The highest BCUT2D eigenvalue weighted by molar-refractivity contribution is 8.01. The molecule has 0 saturated heterocycles. The number of rotatable bonds is 8. The highest BCUT2D eigenvalue weighted by Crippen LogP contribution is 2.27. The normalized spacial score (nSPS) is 11.9. The number of benzene rings is 2. The molecule has 0 amide bonds. The quantitative estimate of drug-likeness (QED) is 0.471. The minimum atomic E-state index is -0.622. The molecular weight excluding hydrogens is 348 g/mol. The number of thioether (sulfide) groups is 1. The molecule has 5 heteroatoms. The van der Waals surface area contributed by atoms with Crippen molar-refractivity contribution in [3.63, 3.8) is 0 Å². The fourth-order valence-corrected chi connectivity index (χ4v) is 3.84. The molecular formula is C18H19ClO2S2. The molecule has 2 rings (SSSR count). The second kappa shape index (κ2) is 9.91. The van der Waals surface area contributed by atoms with Crippen LogP contribution in [0.25, 0.3) is 0 Å². The van der Waals surface area contributed by atoms with Gasteiger partial charge in [-0.15, -0.1) is 11.8 Å². The lowest BCUT2D eigenvalue weighted by atomic mass is 10.2. The van der Waals surface area contributed by atoms with Crippen LogP contribution in [0.3, 0.4) is 0 Å². The maximum Gasteiger partial charge on any atom is 0.334 e. The van der Waals surface area contributed by atoms with E-state index in [1.807, 2.05) is 18.2 Å². The average Bonchev–Trinajstić information content (AvgIpc) is 2.57. The summed E-state index contributed by atoms with van der Waals surface area (Å²) in [5.41, 5.74) is 1.24. The van der Waals surface area contributed by atoms with Crippen LogP contribution in [0.15, 0.2) is 64.4 Å². The van der Waals surface area contributed by atoms with Gasteiger partial charge in [0.25, 0.3) is 0 Å². The SMILES string of the molecule is CCOC(=O)C(Cl)SCCc1ccc(Sc2ccccc2)cc1. The van der Waals surface area contributed by atoms with Gasteiger partial charge in [-0.05, 0) is 48.9 Å². The van der Waals surface area contributed by atoms with Gasteiger partial charge in [-0.1, -0.05) is 53.7 Å². The average molecular weight is 367 g/mol. The Balaban J connectivity index is 1.78. The molecule has 0 saturated carbocycles. The Morgan fingerprint density at radius 3 is 2.39 bits per heavy atom. The number of carbonyl (C=O) groups excluding carboxylic acids is 1. The first-order valence-electron chi connectivity index (χ1n) is 7.43. The highest BCUT2D eigenvalue weighted by Gasteiger charge is 2.16. The van der Waals surface area contributed by atoms with Crippen molar-refractivity contribution in [2.45, 2.75) is 27.8 Å². The van der Waals surface area contributed by atoms with Gasteiger partial charge in [0.05, 0.1) is 6.61 Å². The Labute approximate surface area is 151 Å². The first kappa shape index (κ1) is 18.2. The van der Waals surface area contributed by atoms with E-state index < -0.39 is 4.71 Å². The number of aryl methyl sites for hydroxylation is 1. The smallest absolute Gasteiger partial charge is 0.334 e. The summed E-state index contributed by atoms with van der Waals surface area (Å²) in [5.74, 6) is 0.437. The van der Waals surface area contributed by atoms with Crippen molar-refractivity contribution in [1.29, 1.82) is 0 Å². The van der Waals surface area contributed by atoms with E-state index in [0.29, 0.717) is 6.61 Å². The fourth-order valence-electron chi connectivity index (χ4n) is 1.90. The molecule has 2 nitrogen and oxygen atoms in total. The maximum atomic E-state index is 11.4. The second-order valence-electron chi connectivity index (χ2n) is 4.75. The number of ether oxygens (including phenoxy) is 1. The molecule has 0 N–H and O–H groups in total. The van der Waals surface area contributed by atoms with Crippen LogP contribution in [0.2, 0.25) is 0 Å². The number of halogens is 1. The van der Waals surface area contributed by atoms with Gasteiger partial charge in [-0.25, -0.2) is 4.79 Å². The van der Waals surface area contributed by atoms with Gasteiger partial charge < -0.3 is 4.74 Å². The molecule has 0 fully saturated rings. The Kier molecular flexibility index (Phi) is 7.86. The summed E-state index contributed by atoms with van der Waals surface area (Å²) in [4.78, 5) is 13.9. The maximum absolute atomic E-state index is 11.4. The zero-order chi connectivity index (χ0) is 16.5. The number of hydrogen-bond acceptors (Lipinski definition) is 4. The molecule has 2 aromatic carbocycles. The summed E-state index contributed by atoms with van der Waals surface area (Å²) in [6.07, 6.45) is 0.879. The minimum absolute atomic E-state index is 0.353. The molecule has 23 heavy (non-hydrogen) atoms. The molecule has 0 aromatic heterocycles. The Morgan fingerprint density at radius 2 is 1.74 bits per heavy atom. The van der Waals surface area contributed by atoms with Gasteiger partial charge in [0.15, 0.2) is 4.71 Å². The number of alkyl halides is 1. The summed E-state index contributed by atoms with van der Waals surface area (Å²) in [6, 6.07) is 18.8. The third kappa shape index (κ3) is 6.50. The summed E-state index contributed by atoms with van der Waals surface area (Å²) < 4.78 is 4.26. The van der Waals surface area contributed by atoms with E-state index in [-0.39, 0.29) is 5.97 Å². The Morgan fingerprint density at radius 1 is 1.09 bits per heavy atom. The van der Waals surface area contributed by atoms with E-state index in [0.717, 1.165) is 12.2 Å². The predicted octanol–water partition coefficient (Wildman–Crippen LogP) is 5.24. The number of esters is 1. The van der Waals surface area contributed by atoms with Crippen LogP contribution in [0.4, 0.5) is 0 Å². The molecule has 0 radical (unpaired) electrons. The van der Waals surface area contributed by atoms with Gasteiger partial charge in [0.2, 0.25) is 0 Å². The summed E-state index contributed by atoms with van der Waals surface area (Å²) in [6.45, 7) is 2.14. The van der Waals surface area contributed by atoms with Crippen molar-refractivity contribution in [3.05, 3.63) is 60.2 Å². The van der Waals surface area contributed by atoms with Crippen LogP contribution in [0, 0.1) is 0 Å². The molecule has 0 aliphatic carbocycles. The zero-order valence-corrected chi connectivity index (χ0v) is 15.3. The van der Waals surface area contributed by atoms with E-state index in [4.69, 9.17) is 16.3 Å². The standard InChI is InChI=1S/C18H19ClO2S2/c1-2-21-18(20)17(19)22-13-12-14-8-10-16(11-9-14)23-15-6-4-3-5-7-15/h3-11,17H,2,12-13H2,1H3. The topological polar surface area (TPSA) is 26.3 Å². The van der Waals surface area contributed by atoms with Crippen molar-refractivity contribution in [1.82, 2.24) is 0 Å². The van der Waals surface area contributed by atoms with Gasteiger partial charge in [0, 0.05) is 9.79 Å². The molecule has 1 atom stereocenters. The van der Waals surface area contributed by atoms with Crippen molar-refractivity contribution in [2.24, 2.45) is 0 Å². The second-order valence-corrected chi connectivity index (χ2v) is 7.80. The Bertz CT molecular complexity index is 602. The highest BCUT2D eigenvalue weighted by atomic mass is 35.5. The van der Waals surface area contributed by atoms with Crippen LogP contribution in [0.5, 0.6) is 0 Å². The van der Waals surface area contributed by atoms with Crippen LogP contribution in [0.1, 0.15) is 12.5 Å². The molecule has 0 heterocycles. The van der Waals surface area contributed by atoms with Gasteiger partial charge >= 0.3 is 5.97 Å². The molecule has 2 aromatic rings. The first-order valence-corrected chi connectivity index (χ1v) is 9.73. The summed E-state index contributed by atoms with van der Waals surface area (Å²) in [5, 5.41) is 0. The minimum Gasteiger partial charge on any atom is -0.464 e. The lowest BCUT2D eigenvalue weighted by molar-refractivity contribution is -0.140. The van der Waals surface area contributed by atoms with Crippen LogP contribution in [-0.2, 0) is 16.0 Å². The van der Waals surface area contributed by atoms with E-state index in [2.05, 4.69) is 36.4 Å². The predicted molar refractivity (Wildman–Crippen MR) is 99.4 cm³/mol. The van der Waals surface area contributed by atoms with Gasteiger partial charge in [-0.2, -0.15) is 0 Å². The van der Waals surface area contributed by atoms with Crippen LogP contribution in [-0.4, -0.2) is 23.0 Å². The van der Waals surface area contributed by atoms with Crippen molar-refractivity contribution in [2.75, 3.05) is 12.4 Å². The molecule has 1 unspecified atom stereocenters. The lowest BCUT2D eigenvalue weighted by Crippen LogP contribution is -2.15. The molecule has 122 valence electrons. The van der Waals surface area contributed by atoms with E-state index >= 15 is 0 Å². The van der Waals surface area contributed by atoms with E-state index in [1.165, 1.54) is 27.1 Å². The first-order chi connectivity index (χ1) is 11.2.